The van der Waals surface area contributed by atoms with Crippen molar-refractivity contribution in [1.29, 1.82) is 0 Å². The van der Waals surface area contributed by atoms with Crippen molar-refractivity contribution in [3.05, 3.63) is 0 Å². The van der Waals surface area contributed by atoms with Crippen LogP contribution in [0, 0.1) is 0 Å². The van der Waals surface area contributed by atoms with Crippen LogP contribution in [-0.2, 0) is 48.3 Å². The average molecular weight is 299 g/mol. The van der Waals surface area contributed by atoms with E-state index in [1.54, 1.807) is 0 Å². The maximum atomic E-state index is 8.52. The van der Waals surface area contributed by atoms with Gasteiger partial charge in [-0.2, -0.15) is 0 Å². The van der Waals surface area contributed by atoms with Crippen LogP contribution >= 0.6 is 0 Å². The van der Waals surface area contributed by atoms with Gasteiger partial charge in [-0.3, -0.25) is 16.8 Å². The van der Waals surface area contributed by atoms with Gasteiger partial charge in [0.25, 0.3) is 0 Å². The summed E-state index contributed by atoms with van der Waals surface area (Å²) in [4.78, 5) is 0. The molecular formula is O9S2Zr-2. The van der Waals surface area contributed by atoms with Crippen molar-refractivity contribution in [3.63, 3.8) is 0 Å². The van der Waals surface area contributed by atoms with Crippen LogP contribution in [0.4, 0.5) is 0 Å². The molecule has 0 spiro atoms. The fourth-order valence-electron chi connectivity index (χ4n) is 0. The molecule has 0 radical (unpaired) electrons. The van der Waals surface area contributed by atoms with Crippen molar-refractivity contribution >= 4 is 20.8 Å². The van der Waals surface area contributed by atoms with Gasteiger partial charge >= 0.3 is 27.5 Å². The molecule has 72 valence electrons. The standard InChI is InChI=1S/2H2O4S.O.Zr/c2*1-5(2,3)4;;/h2*(H2,1,2,3,4);;/q;;;+2/p-4. The van der Waals surface area contributed by atoms with Crippen molar-refractivity contribution in [2.45, 2.75) is 0 Å². The van der Waals surface area contributed by atoms with E-state index in [-0.39, 0.29) is 0 Å². The Hall–Kier alpha value is 0.423. The van der Waals surface area contributed by atoms with E-state index in [2.05, 4.69) is 0 Å². The average Bonchev–Trinajstić information content (AvgIpc) is 1.59. The molecule has 0 aromatic heterocycles. The third kappa shape index (κ3) is 5170. The van der Waals surface area contributed by atoms with E-state index in [0.29, 0.717) is 24.7 Å². The van der Waals surface area contributed by atoms with Gasteiger partial charge in [-0.25, -0.2) is 0 Å². The van der Waals surface area contributed by atoms with Gasteiger partial charge in [0, 0.05) is 20.8 Å². The maximum absolute atomic E-state index is 8.52. The molecule has 0 aromatic carbocycles. The van der Waals surface area contributed by atoms with Crippen LogP contribution in [0.25, 0.3) is 0 Å². The Morgan fingerprint density at radius 3 is 0.667 bits per heavy atom. The molecule has 0 aliphatic heterocycles. The van der Waals surface area contributed by atoms with E-state index in [9.17, 15) is 0 Å². The third-order valence-electron chi connectivity index (χ3n) is 0. The van der Waals surface area contributed by atoms with Crippen molar-refractivity contribution in [2.24, 2.45) is 0 Å². The molecule has 0 aromatic rings. The normalized spacial score (nSPS) is 10.2. The molecule has 0 heterocycles. The van der Waals surface area contributed by atoms with E-state index in [4.69, 9.17) is 37.9 Å². The molecule has 0 saturated carbocycles. The molecule has 0 aliphatic carbocycles. The van der Waals surface area contributed by atoms with Gasteiger partial charge in [0.2, 0.25) is 0 Å². The van der Waals surface area contributed by atoms with Crippen LogP contribution in [0.15, 0.2) is 0 Å². The molecule has 0 amide bonds. The fraction of sp³-hybridized carbons (Fsp3) is 0. The first kappa shape index (κ1) is 18.3. The zero-order valence-corrected chi connectivity index (χ0v) is 9.08. The summed E-state index contributed by atoms with van der Waals surface area (Å²) in [7, 11) is -10.3. The molecular weight excluding hydrogens is 299 g/mol. The van der Waals surface area contributed by atoms with Crippen molar-refractivity contribution in [3.8, 4) is 0 Å². The second-order valence-corrected chi connectivity index (χ2v) is 2.45. The molecule has 9 nitrogen and oxygen atoms in total. The van der Waals surface area contributed by atoms with Crippen LogP contribution < -0.4 is 0 Å². The molecule has 12 heavy (non-hydrogen) atoms. The van der Waals surface area contributed by atoms with Gasteiger partial charge in [0.15, 0.2) is 0 Å². The summed E-state index contributed by atoms with van der Waals surface area (Å²) in [5.41, 5.74) is 0. The van der Waals surface area contributed by atoms with Crippen LogP contribution in [0.3, 0.4) is 0 Å². The van der Waals surface area contributed by atoms with Crippen LogP contribution in [0.1, 0.15) is 0 Å². The monoisotopic (exact) mass is 298 g/mol. The van der Waals surface area contributed by atoms with Crippen molar-refractivity contribution in [1.82, 2.24) is 0 Å². The molecule has 0 saturated heterocycles. The first-order valence-electron chi connectivity index (χ1n) is 1.54. The molecule has 0 N–H and O–H groups in total. The van der Waals surface area contributed by atoms with E-state index >= 15 is 0 Å². The van der Waals surface area contributed by atoms with Gasteiger partial charge < -0.3 is 18.2 Å². The van der Waals surface area contributed by atoms with E-state index in [1.807, 2.05) is 0 Å². The Morgan fingerprint density at radius 1 is 0.667 bits per heavy atom. The molecule has 0 unspecified atom stereocenters. The summed E-state index contributed by atoms with van der Waals surface area (Å²) in [6, 6.07) is 0. The SMILES string of the molecule is O=S(=O)([O-])[O-].O=S(=O)([O-])[O-].[O]=[Zr+2]. The minimum absolute atomic E-state index is 0.300. The summed E-state index contributed by atoms with van der Waals surface area (Å²) in [5.74, 6) is 0. The Balaban J connectivity index is -0.000000112. The summed E-state index contributed by atoms with van der Waals surface area (Å²) in [6.45, 7) is 0. The number of hydrogen-bond donors (Lipinski definition) is 0. The molecule has 12 heteroatoms. The summed E-state index contributed by atoms with van der Waals surface area (Å²) >= 11 is 0.300. The summed E-state index contributed by atoms with van der Waals surface area (Å²) in [6.07, 6.45) is 0. The quantitative estimate of drug-likeness (QED) is 0.337. The summed E-state index contributed by atoms with van der Waals surface area (Å²) < 4.78 is 76.5. The Kier molecular flexibility index (Phi) is 12.2. The van der Waals surface area contributed by atoms with Crippen LogP contribution in [0.5, 0.6) is 0 Å². The zero-order chi connectivity index (χ0) is 11.0. The molecule has 0 bridgehead atoms. The van der Waals surface area contributed by atoms with E-state index < -0.39 is 20.8 Å². The second-order valence-electron chi connectivity index (χ2n) is 0.816. The van der Waals surface area contributed by atoms with E-state index in [1.165, 1.54) is 0 Å². The Labute approximate surface area is 83.2 Å². The molecule has 0 rings (SSSR count). The van der Waals surface area contributed by atoms with Gasteiger partial charge in [-0.05, 0) is 0 Å². The van der Waals surface area contributed by atoms with Crippen LogP contribution in [0.2, 0.25) is 0 Å². The number of rotatable bonds is 0. The third-order valence-corrected chi connectivity index (χ3v) is 0. The Bertz CT molecular complexity index is 222. The predicted molar refractivity (Wildman–Crippen MR) is 21.6 cm³/mol. The van der Waals surface area contributed by atoms with Gasteiger partial charge in [0.1, 0.15) is 0 Å². The second kappa shape index (κ2) is 8.04. The van der Waals surface area contributed by atoms with Crippen molar-refractivity contribution in [2.75, 3.05) is 0 Å². The molecule has 0 atom stereocenters. The van der Waals surface area contributed by atoms with Gasteiger partial charge in [-0.1, -0.05) is 0 Å². The predicted octanol–water partition coefficient (Wildman–Crippen LogP) is -2.80. The van der Waals surface area contributed by atoms with E-state index in [0.717, 1.165) is 0 Å². The molecule has 0 aliphatic rings. The topological polar surface area (TPSA) is 178 Å². The Morgan fingerprint density at radius 2 is 0.667 bits per heavy atom. The summed E-state index contributed by atoms with van der Waals surface area (Å²) in [5, 5.41) is 0. The molecule has 0 fully saturated rings. The van der Waals surface area contributed by atoms with Gasteiger partial charge in [-0.15, -0.1) is 0 Å². The fourth-order valence-corrected chi connectivity index (χ4v) is 0. The number of hydrogen-bond acceptors (Lipinski definition) is 9. The van der Waals surface area contributed by atoms with Crippen LogP contribution in [-0.4, -0.2) is 35.0 Å². The van der Waals surface area contributed by atoms with Crippen molar-refractivity contribution < 1.29 is 62.6 Å². The van der Waals surface area contributed by atoms with Gasteiger partial charge in [0.05, 0.1) is 0 Å². The first-order chi connectivity index (χ1) is 5.00. The first-order valence-corrected chi connectivity index (χ1v) is 5.21. The minimum atomic E-state index is -5.17. The zero-order valence-electron chi connectivity index (χ0n) is 4.99.